The number of anilines is 1. The molecule has 0 atom stereocenters. The highest BCUT2D eigenvalue weighted by molar-refractivity contribution is 6.42. The van der Waals surface area contributed by atoms with Crippen LogP contribution in [0.25, 0.3) is 0 Å². The summed E-state index contributed by atoms with van der Waals surface area (Å²) in [6, 6.07) is 12.0. The molecule has 0 unspecified atom stereocenters. The lowest BCUT2D eigenvalue weighted by atomic mass is 9.73. The van der Waals surface area contributed by atoms with Gasteiger partial charge in [-0.2, -0.15) is 0 Å². The molecule has 35 heavy (non-hydrogen) atoms. The Kier molecular flexibility index (Phi) is 6.67. The zero-order valence-corrected chi connectivity index (χ0v) is 20.4. The van der Waals surface area contributed by atoms with Crippen molar-refractivity contribution in [3.05, 3.63) is 80.7 Å². The predicted molar refractivity (Wildman–Crippen MR) is 133 cm³/mol. The Morgan fingerprint density at radius 1 is 0.914 bits per heavy atom. The molecule has 3 aliphatic rings. The second-order valence-electron chi connectivity index (χ2n) is 8.80. The van der Waals surface area contributed by atoms with Gasteiger partial charge >= 0.3 is 0 Å². The number of carbonyl (C=O) groups excluding carboxylic acids is 3. The molecule has 2 aliphatic carbocycles. The van der Waals surface area contributed by atoms with Gasteiger partial charge in [-0.1, -0.05) is 35.3 Å². The van der Waals surface area contributed by atoms with Crippen LogP contribution in [0.1, 0.15) is 50.0 Å². The molecule has 2 aromatic carbocycles. The van der Waals surface area contributed by atoms with E-state index in [-0.39, 0.29) is 24.1 Å². The Balaban J connectivity index is 1.38. The summed E-state index contributed by atoms with van der Waals surface area (Å²) in [5.41, 5.74) is 2.45. The van der Waals surface area contributed by atoms with E-state index < -0.39 is 5.92 Å². The molecule has 5 rings (SSSR count). The van der Waals surface area contributed by atoms with Gasteiger partial charge in [-0.15, -0.1) is 0 Å². The molecule has 0 radical (unpaired) electrons. The van der Waals surface area contributed by atoms with Crippen molar-refractivity contribution in [3.8, 4) is 5.75 Å². The van der Waals surface area contributed by atoms with Crippen molar-refractivity contribution in [3.63, 3.8) is 0 Å². The van der Waals surface area contributed by atoms with Crippen molar-refractivity contribution in [1.29, 1.82) is 0 Å². The monoisotopic (exact) mass is 511 g/mol. The van der Waals surface area contributed by atoms with Crippen molar-refractivity contribution in [2.45, 2.75) is 44.4 Å². The average molecular weight is 512 g/mol. The Labute approximate surface area is 212 Å². The Hall–Kier alpha value is -3.09. The molecule has 0 spiro atoms. The van der Waals surface area contributed by atoms with Gasteiger partial charge in [-0.25, -0.2) is 0 Å². The highest BCUT2D eigenvalue weighted by Gasteiger charge is 2.41. The third-order valence-electron chi connectivity index (χ3n) is 6.41. The first-order valence-electron chi connectivity index (χ1n) is 11.6. The van der Waals surface area contributed by atoms with Gasteiger partial charge in [0, 0.05) is 48.4 Å². The molecular weight excluding hydrogens is 489 g/mol. The second-order valence-corrected chi connectivity index (χ2v) is 9.61. The van der Waals surface area contributed by atoms with E-state index in [0.29, 0.717) is 69.8 Å². The van der Waals surface area contributed by atoms with Gasteiger partial charge in [0.05, 0.1) is 10.0 Å². The molecule has 1 heterocycles. The minimum absolute atomic E-state index is 0.0218. The van der Waals surface area contributed by atoms with Gasteiger partial charge in [0.1, 0.15) is 17.3 Å². The van der Waals surface area contributed by atoms with E-state index in [1.54, 1.807) is 36.4 Å². The van der Waals surface area contributed by atoms with Crippen LogP contribution in [0.15, 0.2) is 65.1 Å². The molecule has 6 nitrogen and oxygen atoms in total. The minimum Gasteiger partial charge on any atom is -0.484 e. The van der Waals surface area contributed by atoms with Crippen LogP contribution in [0.3, 0.4) is 0 Å². The number of nitrogens with one attached hydrogen (secondary N) is 1. The van der Waals surface area contributed by atoms with E-state index in [2.05, 4.69) is 5.32 Å². The van der Waals surface area contributed by atoms with Crippen LogP contribution in [0.5, 0.6) is 5.75 Å². The smallest absolute Gasteiger partial charge is 0.262 e. The first kappa shape index (κ1) is 23.6. The van der Waals surface area contributed by atoms with Crippen molar-refractivity contribution < 1.29 is 23.9 Å². The molecular formula is C27H23Cl2NO5. The van der Waals surface area contributed by atoms with Gasteiger partial charge in [0.25, 0.3) is 5.91 Å². The topological polar surface area (TPSA) is 81.7 Å². The molecule has 0 bridgehead atoms. The molecule has 0 saturated heterocycles. The van der Waals surface area contributed by atoms with Crippen LogP contribution < -0.4 is 10.1 Å². The molecule has 2 aromatic rings. The molecule has 1 aliphatic heterocycles. The Morgan fingerprint density at radius 3 is 2.26 bits per heavy atom. The molecule has 1 amide bonds. The maximum Gasteiger partial charge on any atom is 0.262 e. The lowest BCUT2D eigenvalue weighted by Crippen LogP contribution is -2.30. The van der Waals surface area contributed by atoms with Crippen LogP contribution in [-0.2, 0) is 19.1 Å². The molecule has 0 fully saturated rings. The van der Waals surface area contributed by atoms with E-state index in [4.69, 9.17) is 32.7 Å². The standard InChI is InChI=1S/C27H23Cl2NO5/c28-18-11-10-16(13-19(18)29)30-24(33)14-34-17-5-1-4-15(12-17)25-26-20(31)6-2-8-22(26)35-23-9-3-7-21(32)27(23)25/h1,4-5,10-13,25H,2-3,6-9,14H2,(H,30,33). The largest absolute Gasteiger partial charge is 0.484 e. The average Bonchev–Trinajstić information content (AvgIpc) is 2.84. The number of benzene rings is 2. The van der Waals surface area contributed by atoms with Gasteiger partial charge in [0.15, 0.2) is 18.2 Å². The van der Waals surface area contributed by atoms with Gasteiger partial charge in [0.2, 0.25) is 0 Å². The summed E-state index contributed by atoms with van der Waals surface area (Å²) in [5.74, 6) is 1.05. The summed E-state index contributed by atoms with van der Waals surface area (Å²) in [4.78, 5) is 38.3. The van der Waals surface area contributed by atoms with Crippen LogP contribution in [0.2, 0.25) is 10.0 Å². The van der Waals surface area contributed by atoms with Crippen LogP contribution in [0.4, 0.5) is 5.69 Å². The molecule has 8 heteroatoms. The molecule has 180 valence electrons. The van der Waals surface area contributed by atoms with Gasteiger partial charge in [-0.3, -0.25) is 14.4 Å². The van der Waals surface area contributed by atoms with Gasteiger partial charge in [-0.05, 0) is 48.7 Å². The first-order valence-corrected chi connectivity index (χ1v) is 12.3. The highest BCUT2D eigenvalue weighted by Crippen LogP contribution is 2.48. The summed E-state index contributed by atoms with van der Waals surface area (Å²) >= 11 is 11.9. The maximum atomic E-state index is 12.9. The number of hydrogen-bond acceptors (Lipinski definition) is 5. The second kappa shape index (κ2) is 9.88. The summed E-state index contributed by atoms with van der Waals surface area (Å²) in [6.45, 7) is -0.225. The summed E-state index contributed by atoms with van der Waals surface area (Å²) in [6.07, 6.45) is 3.76. The molecule has 0 aromatic heterocycles. The van der Waals surface area contributed by atoms with Crippen LogP contribution >= 0.6 is 23.2 Å². The van der Waals surface area contributed by atoms with Crippen molar-refractivity contribution in [2.75, 3.05) is 11.9 Å². The SMILES string of the molecule is O=C(COc1cccc(C2C3=C(CCCC3=O)OC3=C2C(=O)CCC3)c1)Nc1ccc(Cl)c(Cl)c1. The minimum atomic E-state index is -0.470. The maximum absolute atomic E-state index is 12.9. The number of amides is 1. The van der Waals surface area contributed by atoms with E-state index in [0.717, 1.165) is 18.4 Å². The Morgan fingerprint density at radius 2 is 1.60 bits per heavy atom. The number of hydrogen-bond donors (Lipinski definition) is 1. The fourth-order valence-corrected chi connectivity index (χ4v) is 5.15. The number of halogens is 2. The number of rotatable bonds is 5. The summed E-state index contributed by atoms with van der Waals surface area (Å²) < 4.78 is 11.8. The van der Waals surface area contributed by atoms with Crippen LogP contribution in [0, 0.1) is 0 Å². The fourth-order valence-electron chi connectivity index (χ4n) is 4.85. The highest BCUT2D eigenvalue weighted by atomic mass is 35.5. The number of ketones is 2. The van der Waals surface area contributed by atoms with E-state index >= 15 is 0 Å². The van der Waals surface area contributed by atoms with E-state index in [1.165, 1.54) is 0 Å². The molecule has 0 saturated carbocycles. The molecule has 1 N–H and O–H groups in total. The first-order chi connectivity index (χ1) is 16.9. The fraction of sp³-hybridized carbons (Fsp3) is 0.296. The quantitative estimate of drug-likeness (QED) is 0.521. The summed E-state index contributed by atoms with van der Waals surface area (Å²) in [7, 11) is 0. The van der Waals surface area contributed by atoms with E-state index in [1.807, 2.05) is 6.07 Å². The number of allylic oxidation sites excluding steroid dienone is 4. The van der Waals surface area contributed by atoms with Crippen molar-refractivity contribution in [1.82, 2.24) is 0 Å². The normalized spacial score (nSPS) is 18.1. The zero-order chi connectivity index (χ0) is 24.5. The lowest BCUT2D eigenvalue weighted by Gasteiger charge is -2.36. The predicted octanol–water partition coefficient (Wildman–Crippen LogP) is 6.14. The van der Waals surface area contributed by atoms with Crippen LogP contribution in [-0.4, -0.2) is 24.1 Å². The number of carbonyl (C=O) groups is 3. The zero-order valence-electron chi connectivity index (χ0n) is 18.9. The number of ether oxygens (including phenoxy) is 2. The van der Waals surface area contributed by atoms with Crippen molar-refractivity contribution in [2.24, 2.45) is 0 Å². The van der Waals surface area contributed by atoms with Crippen molar-refractivity contribution >= 4 is 46.4 Å². The van der Waals surface area contributed by atoms with Gasteiger partial charge < -0.3 is 14.8 Å². The lowest BCUT2D eigenvalue weighted by molar-refractivity contribution is -0.119. The Bertz CT molecular complexity index is 1250. The third-order valence-corrected chi connectivity index (χ3v) is 7.14. The van der Waals surface area contributed by atoms with E-state index in [9.17, 15) is 14.4 Å². The number of Topliss-reactive ketones (excluding diaryl/α,β-unsaturated/α-hetero) is 2. The summed E-state index contributed by atoms with van der Waals surface area (Å²) in [5, 5.41) is 3.45. The third kappa shape index (κ3) is 4.86.